The molecule has 1 aliphatic rings. The van der Waals surface area contributed by atoms with Gasteiger partial charge in [0.2, 0.25) is 0 Å². The van der Waals surface area contributed by atoms with Crippen molar-refractivity contribution < 1.29 is 27.4 Å². The first-order chi connectivity index (χ1) is 14.8. The number of methoxy groups -OCH3 is 1. The zero-order chi connectivity index (χ0) is 22.4. The molecule has 176 valence electrons. The SMILES string of the molecule is COc1cccc([C@@H](C)CCC2COCCN2C(=O)Nc2cccc(C(F)(F)F)c2)c1.Cl. The molecule has 1 saturated heterocycles. The molecule has 2 amide bonds. The Hall–Kier alpha value is -2.45. The van der Waals surface area contributed by atoms with Gasteiger partial charge in [0.1, 0.15) is 5.75 Å². The minimum Gasteiger partial charge on any atom is -0.497 e. The van der Waals surface area contributed by atoms with Crippen molar-refractivity contribution in [2.75, 3.05) is 32.2 Å². The highest BCUT2D eigenvalue weighted by Gasteiger charge is 2.31. The fourth-order valence-corrected chi connectivity index (χ4v) is 3.69. The third kappa shape index (κ3) is 6.77. The predicted octanol–water partition coefficient (Wildman–Crippen LogP) is 5.95. The van der Waals surface area contributed by atoms with Crippen molar-refractivity contribution in [2.45, 2.75) is 37.9 Å². The minimum absolute atomic E-state index is 0. The van der Waals surface area contributed by atoms with Crippen LogP contribution < -0.4 is 10.1 Å². The summed E-state index contributed by atoms with van der Waals surface area (Å²) >= 11 is 0. The molecule has 5 nitrogen and oxygen atoms in total. The van der Waals surface area contributed by atoms with Gasteiger partial charge < -0.3 is 19.7 Å². The van der Waals surface area contributed by atoms with Crippen LogP contribution in [0.15, 0.2) is 48.5 Å². The van der Waals surface area contributed by atoms with E-state index in [0.717, 1.165) is 29.9 Å². The second-order valence-electron chi connectivity index (χ2n) is 7.69. The normalized spacial score (nSPS) is 17.3. The molecule has 3 rings (SSSR count). The summed E-state index contributed by atoms with van der Waals surface area (Å²) in [6, 6.07) is 12.0. The first kappa shape index (κ1) is 25.8. The molecule has 32 heavy (non-hydrogen) atoms. The Labute approximate surface area is 192 Å². The summed E-state index contributed by atoms with van der Waals surface area (Å²) in [4.78, 5) is 14.5. The molecule has 0 spiro atoms. The lowest BCUT2D eigenvalue weighted by Gasteiger charge is -2.36. The Morgan fingerprint density at radius 2 is 2.00 bits per heavy atom. The highest BCUT2D eigenvalue weighted by Crippen LogP contribution is 2.31. The smallest absolute Gasteiger partial charge is 0.416 e. The van der Waals surface area contributed by atoms with E-state index in [1.807, 2.05) is 24.3 Å². The molecule has 1 aliphatic heterocycles. The molecule has 0 aromatic heterocycles. The fraction of sp³-hybridized carbons (Fsp3) is 0.435. The monoisotopic (exact) mass is 472 g/mol. The van der Waals surface area contributed by atoms with Crippen LogP contribution in [-0.4, -0.2) is 43.8 Å². The maximum Gasteiger partial charge on any atom is 0.416 e. The molecular formula is C23H28ClF3N2O3. The lowest BCUT2D eigenvalue weighted by atomic mass is 9.93. The van der Waals surface area contributed by atoms with E-state index in [4.69, 9.17) is 9.47 Å². The maximum atomic E-state index is 12.9. The summed E-state index contributed by atoms with van der Waals surface area (Å²) in [6.45, 7) is 3.31. The van der Waals surface area contributed by atoms with E-state index in [0.29, 0.717) is 26.2 Å². The second kappa shape index (κ2) is 11.4. The number of halogens is 4. The number of nitrogens with one attached hydrogen (secondary N) is 1. The molecule has 0 aliphatic carbocycles. The van der Waals surface area contributed by atoms with Gasteiger partial charge in [0.05, 0.1) is 31.9 Å². The number of urea groups is 1. The third-order valence-corrected chi connectivity index (χ3v) is 5.53. The van der Waals surface area contributed by atoms with Gasteiger partial charge in [0.25, 0.3) is 0 Å². The number of carbonyl (C=O) groups is 1. The van der Waals surface area contributed by atoms with Crippen LogP contribution in [0.5, 0.6) is 5.75 Å². The van der Waals surface area contributed by atoms with Crippen LogP contribution in [0.1, 0.15) is 36.8 Å². The van der Waals surface area contributed by atoms with Gasteiger partial charge in [-0.05, 0) is 54.7 Å². The Morgan fingerprint density at radius 3 is 2.72 bits per heavy atom. The fourth-order valence-electron chi connectivity index (χ4n) is 3.69. The highest BCUT2D eigenvalue weighted by atomic mass is 35.5. The van der Waals surface area contributed by atoms with Crippen LogP contribution in [0, 0.1) is 0 Å². The van der Waals surface area contributed by atoms with Crippen molar-refractivity contribution >= 4 is 24.1 Å². The van der Waals surface area contributed by atoms with Crippen molar-refractivity contribution in [3.8, 4) is 5.75 Å². The molecular weight excluding hydrogens is 445 g/mol. The number of carbonyl (C=O) groups excluding carboxylic acids is 1. The van der Waals surface area contributed by atoms with Gasteiger partial charge in [0, 0.05) is 12.2 Å². The van der Waals surface area contributed by atoms with Crippen molar-refractivity contribution in [1.29, 1.82) is 0 Å². The molecule has 2 aromatic carbocycles. The predicted molar refractivity (Wildman–Crippen MR) is 120 cm³/mol. The molecule has 1 N–H and O–H groups in total. The van der Waals surface area contributed by atoms with Crippen molar-refractivity contribution in [1.82, 2.24) is 4.90 Å². The van der Waals surface area contributed by atoms with Crippen LogP contribution in [0.3, 0.4) is 0 Å². The number of nitrogens with zero attached hydrogens (tertiary/aromatic N) is 1. The summed E-state index contributed by atoms with van der Waals surface area (Å²) in [7, 11) is 1.63. The minimum atomic E-state index is -4.46. The number of hydrogen-bond donors (Lipinski definition) is 1. The molecule has 1 unspecified atom stereocenters. The van der Waals surface area contributed by atoms with Crippen LogP contribution in [0.2, 0.25) is 0 Å². The van der Waals surface area contributed by atoms with E-state index < -0.39 is 17.8 Å². The number of hydrogen-bond acceptors (Lipinski definition) is 3. The van der Waals surface area contributed by atoms with Crippen molar-refractivity contribution in [3.63, 3.8) is 0 Å². The standard InChI is InChI=1S/C23H27F3N2O3.ClH/c1-16(17-5-3-8-21(13-17)30-2)9-10-20-15-31-12-11-28(20)22(29)27-19-7-4-6-18(14-19)23(24,25)26;/h3-8,13-14,16,20H,9-12,15H2,1-2H3,(H,27,29);1H/t16-,20?;/m0./s1. The quantitative estimate of drug-likeness (QED) is 0.565. The van der Waals surface area contributed by atoms with Crippen LogP contribution >= 0.6 is 12.4 Å². The number of amides is 2. The Bertz CT molecular complexity index is 895. The second-order valence-corrected chi connectivity index (χ2v) is 7.69. The maximum absolute atomic E-state index is 12.9. The first-order valence-electron chi connectivity index (χ1n) is 10.2. The van der Waals surface area contributed by atoms with Gasteiger partial charge in [-0.25, -0.2) is 4.79 Å². The van der Waals surface area contributed by atoms with Crippen LogP contribution in [-0.2, 0) is 10.9 Å². The van der Waals surface area contributed by atoms with Gasteiger partial charge in [0.15, 0.2) is 0 Å². The van der Waals surface area contributed by atoms with E-state index >= 15 is 0 Å². The molecule has 1 heterocycles. The molecule has 9 heteroatoms. The molecule has 2 aromatic rings. The topological polar surface area (TPSA) is 50.8 Å². The molecule has 0 bridgehead atoms. The first-order valence-corrected chi connectivity index (χ1v) is 10.2. The van der Waals surface area contributed by atoms with Gasteiger partial charge in [-0.2, -0.15) is 13.2 Å². The summed E-state index contributed by atoms with van der Waals surface area (Å²) in [5, 5.41) is 2.60. The van der Waals surface area contributed by atoms with E-state index in [2.05, 4.69) is 12.2 Å². The average molecular weight is 473 g/mol. The van der Waals surface area contributed by atoms with E-state index in [-0.39, 0.29) is 30.1 Å². The number of rotatable bonds is 6. The summed E-state index contributed by atoms with van der Waals surface area (Å²) in [6.07, 6.45) is -2.92. The van der Waals surface area contributed by atoms with E-state index in [1.165, 1.54) is 12.1 Å². The molecule has 0 radical (unpaired) electrons. The zero-order valence-corrected chi connectivity index (χ0v) is 18.8. The van der Waals surface area contributed by atoms with Crippen LogP contribution in [0.4, 0.5) is 23.7 Å². The summed E-state index contributed by atoms with van der Waals surface area (Å²) < 4.78 is 49.7. The van der Waals surface area contributed by atoms with Gasteiger partial charge in [-0.15, -0.1) is 12.4 Å². The van der Waals surface area contributed by atoms with Gasteiger partial charge in [-0.3, -0.25) is 0 Å². The van der Waals surface area contributed by atoms with E-state index in [9.17, 15) is 18.0 Å². The Balaban J connectivity index is 0.00000363. The van der Waals surface area contributed by atoms with Gasteiger partial charge in [-0.1, -0.05) is 25.1 Å². The summed E-state index contributed by atoms with van der Waals surface area (Å²) in [5.74, 6) is 1.05. The third-order valence-electron chi connectivity index (χ3n) is 5.53. The van der Waals surface area contributed by atoms with Crippen molar-refractivity contribution in [3.05, 3.63) is 59.7 Å². The summed E-state index contributed by atoms with van der Waals surface area (Å²) in [5.41, 5.74) is 0.474. The lowest BCUT2D eigenvalue weighted by Crippen LogP contribution is -2.50. The Morgan fingerprint density at radius 1 is 1.25 bits per heavy atom. The number of ether oxygens (including phenoxy) is 2. The zero-order valence-electron chi connectivity index (χ0n) is 18.0. The highest BCUT2D eigenvalue weighted by molar-refractivity contribution is 5.89. The van der Waals surface area contributed by atoms with E-state index in [1.54, 1.807) is 12.0 Å². The van der Waals surface area contributed by atoms with Crippen molar-refractivity contribution in [2.24, 2.45) is 0 Å². The number of benzene rings is 2. The number of anilines is 1. The van der Waals surface area contributed by atoms with Crippen LogP contribution in [0.25, 0.3) is 0 Å². The largest absolute Gasteiger partial charge is 0.497 e. The number of morpholine rings is 1. The average Bonchev–Trinajstić information content (AvgIpc) is 2.77. The number of alkyl halides is 3. The molecule has 0 saturated carbocycles. The lowest BCUT2D eigenvalue weighted by molar-refractivity contribution is -0.137. The van der Waals surface area contributed by atoms with Gasteiger partial charge >= 0.3 is 12.2 Å². The molecule has 2 atom stereocenters. The Kier molecular flexibility index (Phi) is 9.21. The molecule has 1 fully saturated rings.